The van der Waals surface area contributed by atoms with Gasteiger partial charge in [-0.05, 0) is 29.8 Å². The molecule has 0 aliphatic carbocycles. The van der Waals surface area contributed by atoms with Gasteiger partial charge in [0, 0.05) is 11.3 Å². The van der Waals surface area contributed by atoms with Gasteiger partial charge in [0.2, 0.25) is 0 Å². The first-order valence-corrected chi connectivity index (χ1v) is 7.44. The smallest absolute Gasteiger partial charge is 0.0435 e. The van der Waals surface area contributed by atoms with E-state index in [1.54, 1.807) is 0 Å². The average molecular weight is 251 g/mol. The molecule has 2 heteroatoms. The standard InChI is InChI=1S/C15H25NS/c1-6-13-7-9-14(10-8-13)15(16-5)12(4)17-11(2)3/h7-12,15-16H,6H2,1-5H3. The van der Waals surface area contributed by atoms with Gasteiger partial charge in [0.15, 0.2) is 0 Å². The molecule has 96 valence electrons. The molecule has 1 aromatic carbocycles. The van der Waals surface area contributed by atoms with Crippen molar-refractivity contribution in [2.45, 2.75) is 50.7 Å². The van der Waals surface area contributed by atoms with Crippen LogP contribution < -0.4 is 5.32 Å². The lowest BCUT2D eigenvalue weighted by Gasteiger charge is -2.25. The Kier molecular flexibility index (Phi) is 6.07. The second-order valence-electron chi connectivity index (χ2n) is 4.75. The van der Waals surface area contributed by atoms with Crippen LogP contribution in [-0.4, -0.2) is 17.5 Å². The Hall–Kier alpha value is -0.470. The summed E-state index contributed by atoms with van der Waals surface area (Å²) in [6.45, 7) is 9.02. The fourth-order valence-electron chi connectivity index (χ4n) is 2.14. The normalized spacial score (nSPS) is 14.9. The summed E-state index contributed by atoms with van der Waals surface area (Å²) in [5.74, 6) is 0. The van der Waals surface area contributed by atoms with Gasteiger partial charge in [-0.15, -0.1) is 0 Å². The molecule has 0 radical (unpaired) electrons. The van der Waals surface area contributed by atoms with Gasteiger partial charge in [0.1, 0.15) is 0 Å². The second kappa shape index (κ2) is 7.07. The summed E-state index contributed by atoms with van der Waals surface area (Å²) in [6, 6.07) is 9.45. The molecule has 0 bridgehead atoms. The third-order valence-corrected chi connectivity index (χ3v) is 4.26. The van der Waals surface area contributed by atoms with Crippen molar-refractivity contribution in [3.8, 4) is 0 Å². The van der Waals surface area contributed by atoms with Gasteiger partial charge in [-0.1, -0.05) is 52.0 Å². The molecule has 0 heterocycles. The van der Waals surface area contributed by atoms with Crippen LogP contribution >= 0.6 is 11.8 Å². The Morgan fingerprint density at radius 3 is 2.12 bits per heavy atom. The van der Waals surface area contributed by atoms with Crippen molar-refractivity contribution in [3.63, 3.8) is 0 Å². The highest BCUT2D eigenvalue weighted by Gasteiger charge is 2.18. The Balaban J connectivity index is 2.77. The summed E-state index contributed by atoms with van der Waals surface area (Å²) in [6.07, 6.45) is 1.11. The summed E-state index contributed by atoms with van der Waals surface area (Å²) in [5, 5.41) is 4.71. The number of thioether (sulfide) groups is 1. The maximum absolute atomic E-state index is 3.44. The first kappa shape index (κ1) is 14.6. The summed E-state index contributed by atoms with van der Waals surface area (Å²) in [5.41, 5.74) is 2.80. The van der Waals surface area contributed by atoms with Gasteiger partial charge in [-0.3, -0.25) is 0 Å². The van der Waals surface area contributed by atoms with Gasteiger partial charge in [0.05, 0.1) is 0 Å². The van der Waals surface area contributed by atoms with Gasteiger partial charge in [0.25, 0.3) is 0 Å². The van der Waals surface area contributed by atoms with Crippen LogP contribution in [0.4, 0.5) is 0 Å². The predicted molar refractivity (Wildman–Crippen MR) is 79.8 cm³/mol. The topological polar surface area (TPSA) is 12.0 Å². The molecular weight excluding hydrogens is 226 g/mol. The largest absolute Gasteiger partial charge is 0.312 e. The number of rotatable bonds is 6. The summed E-state index contributed by atoms with van der Waals surface area (Å²) >= 11 is 2.03. The van der Waals surface area contributed by atoms with E-state index >= 15 is 0 Å². The molecule has 0 aliphatic heterocycles. The molecule has 0 saturated carbocycles. The van der Waals surface area contributed by atoms with E-state index in [4.69, 9.17) is 0 Å². The number of benzene rings is 1. The van der Waals surface area contributed by atoms with E-state index in [1.165, 1.54) is 11.1 Å². The highest BCUT2D eigenvalue weighted by atomic mass is 32.2. The van der Waals surface area contributed by atoms with Gasteiger partial charge >= 0.3 is 0 Å². The quantitative estimate of drug-likeness (QED) is 0.819. The average Bonchev–Trinajstić information content (AvgIpc) is 2.30. The highest BCUT2D eigenvalue weighted by Crippen LogP contribution is 2.29. The number of aryl methyl sites for hydroxylation is 1. The molecule has 0 fully saturated rings. The van der Waals surface area contributed by atoms with Crippen LogP contribution in [0.5, 0.6) is 0 Å². The number of hydrogen-bond acceptors (Lipinski definition) is 2. The van der Waals surface area contributed by atoms with Crippen LogP contribution in [0.3, 0.4) is 0 Å². The van der Waals surface area contributed by atoms with E-state index in [9.17, 15) is 0 Å². The third kappa shape index (κ3) is 4.36. The molecule has 0 amide bonds. The predicted octanol–water partition coefficient (Wildman–Crippen LogP) is 4.04. The number of hydrogen-bond donors (Lipinski definition) is 1. The maximum Gasteiger partial charge on any atom is 0.0435 e. The van der Waals surface area contributed by atoms with Gasteiger partial charge in [-0.25, -0.2) is 0 Å². The molecule has 0 aliphatic rings. The highest BCUT2D eigenvalue weighted by molar-refractivity contribution is 8.00. The molecule has 0 aromatic heterocycles. The van der Waals surface area contributed by atoms with Gasteiger partial charge < -0.3 is 5.32 Å². The maximum atomic E-state index is 3.44. The zero-order chi connectivity index (χ0) is 12.8. The fraction of sp³-hybridized carbons (Fsp3) is 0.600. The van der Waals surface area contributed by atoms with Crippen LogP contribution in [-0.2, 0) is 6.42 Å². The minimum Gasteiger partial charge on any atom is -0.312 e. The minimum absolute atomic E-state index is 0.438. The Bertz CT molecular complexity index is 318. The molecular formula is C15H25NS. The monoisotopic (exact) mass is 251 g/mol. The van der Waals surface area contributed by atoms with E-state index in [0.29, 0.717) is 16.5 Å². The first-order chi connectivity index (χ1) is 8.08. The fourth-order valence-corrected chi connectivity index (χ4v) is 3.45. The van der Waals surface area contributed by atoms with E-state index in [-0.39, 0.29) is 0 Å². The van der Waals surface area contributed by atoms with E-state index in [2.05, 4.69) is 64.3 Å². The SMILES string of the molecule is CCc1ccc(C(NC)C(C)SC(C)C)cc1. The molecule has 0 spiro atoms. The van der Waals surface area contributed by atoms with Crippen molar-refractivity contribution in [2.24, 2.45) is 0 Å². The molecule has 1 rings (SSSR count). The summed E-state index contributed by atoms with van der Waals surface area (Å²) in [4.78, 5) is 0. The third-order valence-electron chi connectivity index (χ3n) is 3.01. The molecule has 1 nitrogen and oxygen atoms in total. The van der Waals surface area contributed by atoms with E-state index in [0.717, 1.165) is 6.42 Å². The zero-order valence-corrected chi connectivity index (χ0v) is 12.5. The lowest BCUT2D eigenvalue weighted by molar-refractivity contribution is 0.588. The van der Waals surface area contributed by atoms with Crippen molar-refractivity contribution >= 4 is 11.8 Å². The van der Waals surface area contributed by atoms with E-state index in [1.807, 2.05) is 11.8 Å². The molecule has 0 saturated heterocycles. The van der Waals surface area contributed by atoms with Crippen molar-refractivity contribution in [1.29, 1.82) is 0 Å². The van der Waals surface area contributed by atoms with Crippen LogP contribution in [0.25, 0.3) is 0 Å². The number of nitrogens with one attached hydrogen (secondary N) is 1. The molecule has 2 unspecified atom stereocenters. The van der Waals surface area contributed by atoms with Gasteiger partial charge in [-0.2, -0.15) is 11.8 Å². The minimum atomic E-state index is 0.438. The van der Waals surface area contributed by atoms with E-state index < -0.39 is 0 Å². The second-order valence-corrected chi connectivity index (χ2v) is 6.71. The van der Waals surface area contributed by atoms with Crippen LogP contribution in [0.15, 0.2) is 24.3 Å². The van der Waals surface area contributed by atoms with Crippen LogP contribution in [0.1, 0.15) is 44.9 Å². The lowest BCUT2D eigenvalue weighted by Crippen LogP contribution is -2.26. The zero-order valence-electron chi connectivity index (χ0n) is 11.7. The van der Waals surface area contributed by atoms with Crippen molar-refractivity contribution in [3.05, 3.63) is 35.4 Å². The Labute approximate surface area is 110 Å². The first-order valence-electron chi connectivity index (χ1n) is 6.50. The van der Waals surface area contributed by atoms with Crippen molar-refractivity contribution in [2.75, 3.05) is 7.05 Å². The van der Waals surface area contributed by atoms with Crippen molar-refractivity contribution in [1.82, 2.24) is 5.32 Å². The van der Waals surface area contributed by atoms with Crippen LogP contribution in [0.2, 0.25) is 0 Å². The molecule has 1 N–H and O–H groups in total. The lowest BCUT2D eigenvalue weighted by atomic mass is 10.0. The van der Waals surface area contributed by atoms with Crippen molar-refractivity contribution < 1.29 is 0 Å². The van der Waals surface area contributed by atoms with Crippen LogP contribution in [0, 0.1) is 0 Å². The Morgan fingerprint density at radius 1 is 1.12 bits per heavy atom. The summed E-state index contributed by atoms with van der Waals surface area (Å²) < 4.78 is 0. The molecule has 17 heavy (non-hydrogen) atoms. The molecule has 2 atom stereocenters. The summed E-state index contributed by atoms with van der Waals surface area (Å²) in [7, 11) is 2.05. The Morgan fingerprint density at radius 2 is 1.71 bits per heavy atom. The molecule has 1 aromatic rings.